The normalized spacial score (nSPS) is 11.7. The number of hydrogen-bond donors (Lipinski definition) is 4. The lowest BCUT2D eigenvalue weighted by Crippen LogP contribution is -2.10. The van der Waals surface area contributed by atoms with Gasteiger partial charge in [-0.2, -0.15) is 0 Å². The van der Waals surface area contributed by atoms with E-state index in [0.717, 1.165) is 33.4 Å². The molecule has 2 aromatic carbocycles. The predicted molar refractivity (Wildman–Crippen MR) is 93.1 cm³/mol. The van der Waals surface area contributed by atoms with Gasteiger partial charge in [-0.25, -0.2) is 0 Å². The van der Waals surface area contributed by atoms with E-state index in [9.17, 15) is 0 Å². The van der Waals surface area contributed by atoms with Gasteiger partial charge in [0.05, 0.1) is 0 Å². The molecule has 0 saturated heterocycles. The summed E-state index contributed by atoms with van der Waals surface area (Å²) in [5, 5.41) is 14.9. The maximum absolute atomic E-state index is 7.43. The van der Waals surface area contributed by atoms with Crippen molar-refractivity contribution in [2.75, 3.05) is 0 Å². The fourth-order valence-corrected chi connectivity index (χ4v) is 2.23. The Labute approximate surface area is 130 Å². The van der Waals surface area contributed by atoms with Crippen LogP contribution < -0.4 is 11.5 Å². The number of nitrogen functional groups attached to an aromatic ring is 2. The first-order valence-electron chi connectivity index (χ1n) is 6.97. The Balaban J connectivity index is 2.35. The molecule has 0 radical (unpaired) electrons. The third-order valence-electron chi connectivity index (χ3n) is 3.82. The van der Waals surface area contributed by atoms with Crippen LogP contribution in [0.25, 0.3) is 11.1 Å². The van der Waals surface area contributed by atoms with Crippen molar-refractivity contribution >= 4 is 22.8 Å². The average Bonchev–Trinajstić information content (AvgIpc) is 2.53. The zero-order valence-electron chi connectivity index (χ0n) is 12.8. The summed E-state index contributed by atoms with van der Waals surface area (Å²) >= 11 is 0. The van der Waals surface area contributed by atoms with Crippen molar-refractivity contribution < 1.29 is 0 Å². The predicted octanol–water partition coefficient (Wildman–Crippen LogP) is 3.21. The van der Waals surface area contributed by atoms with Crippen LogP contribution in [0.2, 0.25) is 0 Å². The van der Waals surface area contributed by atoms with Gasteiger partial charge in [0.1, 0.15) is 11.7 Å². The minimum atomic E-state index is 0.0738. The topological polar surface area (TPSA) is 99.7 Å². The van der Waals surface area contributed by atoms with E-state index in [1.165, 1.54) is 0 Å². The van der Waals surface area contributed by atoms with Crippen LogP contribution in [0, 0.1) is 10.8 Å². The maximum Gasteiger partial charge on any atom is 0.122 e. The fraction of sp³-hybridized carbons (Fsp3) is 0.111. The van der Waals surface area contributed by atoms with Crippen molar-refractivity contribution in [2.24, 2.45) is 11.5 Å². The Bertz CT molecular complexity index is 672. The first kappa shape index (κ1) is 15.5. The number of nitrogens with one attached hydrogen (secondary N) is 2. The molecule has 0 aliphatic rings. The Morgan fingerprint density at radius 1 is 0.591 bits per heavy atom. The molecule has 0 heterocycles. The van der Waals surface area contributed by atoms with Gasteiger partial charge in [-0.15, -0.1) is 0 Å². The molecule has 0 aliphatic heterocycles. The number of hydrogen-bond acceptors (Lipinski definition) is 2. The highest BCUT2D eigenvalue weighted by Gasteiger charge is 2.05. The lowest BCUT2D eigenvalue weighted by atomic mass is 9.95. The molecule has 0 fully saturated rings. The van der Waals surface area contributed by atoms with Crippen molar-refractivity contribution in [1.82, 2.24) is 0 Å². The molecule has 2 aromatic rings. The van der Waals surface area contributed by atoms with Crippen molar-refractivity contribution in [1.29, 1.82) is 10.8 Å². The molecular formula is C18H20N4. The summed E-state index contributed by atoms with van der Waals surface area (Å²) in [6.07, 6.45) is 0. The van der Waals surface area contributed by atoms with Gasteiger partial charge >= 0.3 is 0 Å². The lowest BCUT2D eigenvalue weighted by Gasteiger charge is -2.10. The summed E-state index contributed by atoms with van der Waals surface area (Å²) < 4.78 is 0. The van der Waals surface area contributed by atoms with Gasteiger partial charge < -0.3 is 11.5 Å². The monoisotopic (exact) mass is 292 g/mol. The average molecular weight is 292 g/mol. The molecule has 0 unspecified atom stereocenters. The number of allylic oxidation sites excluding steroid dienone is 2. The highest BCUT2D eigenvalue weighted by Crippen LogP contribution is 2.26. The van der Waals surface area contributed by atoms with Crippen molar-refractivity contribution in [3.05, 3.63) is 70.8 Å². The second kappa shape index (κ2) is 6.26. The van der Waals surface area contributed by atoms with Gasteiger partial charge in [-0.1, -0.05) is 48.5 Å². The Morgan fingerprint density at radius 2 is 0.818 bits per heavy atom. The number of rotatable bonds is 4. The van der Waals surface area contributed by atoms with Crippen LogP contribution in [-0.2, 0) is 0 Å². The molecule has 0 amide bonds. The highest BCUT2D eigenvalue weighted by atomic mass is 14.7. The minimum absolute atomic E-state index is 0.0738. The third kappa shape index (κ3) is 3.23. The molecule has 0 aromatic heterocycles. The van der Waals surface area contributed by atoms with E-state index in [1.54, 1.807) is 0 Å². The lowest BCUT2D eigenvalue weighted by molar-refractivity contribution is 1.41. The zero-order chi connectivity index (χ0) is 16.3. The first-order valence-corrected chi connectivity index (χ1v) is 6.97. The maximum atomic E-state index is 7.43. The second-order valence-corrected chi connectivity index (χ2v) is 5.23. The van der Waals surface area contributed by atoms with Crippen LogP contribution in [0.15, 0.2) is 48.5 Å². The molecule has 22 heavy (non-hydrogen) atoms. The number of amidine groups is 2. The van der Waals surface area contributed by atoms with Crippen LogP contribution in [0.4, 0.5) is 0 Å². The summed E-state index contributed by atoms with van der Waals surface area (Å²) in [7, 11) is 0. The standard InChI is InChI=1S/C18H20N4/c1-11(13-3-7-15(8-4-13)17(19)20)12(2)14-5-9-16(10-6-14)18(21)22/h3-10H,1-2H3,(H3,19,20)(H3,21,22)/b12-11-. The summed E-state index contributed by atoms with van der Waals surface area (Å²) in [6.45, 7) is 4.13. The van der Waals surface area contributed by atoms with E-state index in [2.05, 4.69) is 13.8 Å². The van der Waals surface area contributed by atoms with Crippen LogP contribution in [0.5, 0.6) is 0 Å². The molecule has 2 rings (SSSR count). The number of benzene rings is 2. The van der Waals surface area contributed by atoms with Crippen LogP contribution in [-0.4, -0.2) is 11.7 Å². The van der Waals surface area contributed by atoms with Crippen LogP contribution in [0.3, 0.4) is 0 Å². The zero-order valence-corrected chi connectivity index (χ0v) is 12.8. The van der Waals surface area contributed by atoms with Crippen LogP contribution in [0.1, 0.15) is 36.1 Å². The first-order chi connectivity index (χ1) is 10.4. The molecule has 112 valence electrons. The molecule has 6 N–H and O–H groups in total. The largest absolute Gasteiger partial charge is 0.384 e. The number of nitrogens with two attached hydrogens (primary N) is 2. The van der Waals surface area contributed by atoms with Crippen molar-refractivity contribution in [3.8, 4) is 0 Å². The molecule has 0 aliphatic carbocycles. The van der Waals surface area contributed by atoms with Crippen molar-refractivity contribution in [2.45, 2.75) is 13.8 Å². The van der Waals surface area contributed by atoms with E-state index < -0.39 is 0 Å². The third-order valence-corrected chi connectivity index (χ3v) is 3.82. The molecular weight excluding hydrogens is 272 g/mol. The fourth-order valence-electron chi connectivity index (χ4n) is 2.23. The smallest absolute Gasteiger partial charge is 0.122 e. The van der Waals surface area contributed by atoms with Gasteiger partial charge in [0.15, 0.2) is 0 Å². The van der Waals surface area contributed by atoms with Gasteiger partial charge in [0.25, 0.3) is 0 Å². The molecule has 0 atom stereocenters. The van der Waals surface area contributed by atoms with Gasteiger partial charge in [-0.3, -0.25) is 10.8 Å². The molecule has 0 saturated carbocycles. The van der Waals surface area contributed by atoms with Gasteiger partial charge in [0, 0.05) is 11.1 Å². The van der Waals surface area contributed by atoms with E-state index in [1.807, 2.05) is 48.5 Å². The van der Waals surface area contributed by atoms with Crippen molar-refractivity contribution in [3.63, 3.8) is 0 Å². The van der Waals surface area contributed by atoms with Gasteiger partial charge in [-0.05, 0) is 36.1 Å². The summed E-state index contributed by atoms with van der Waals surface area (Å²) in [5.74, 6) is 0.148. The second-order valence-electron chi connectivity index (χ2n) is 5.23. The van der Waals surface area contributed by atoms with E-state index in [4.69, 9.17) is 22.3 Å². The summed E-state index contributed by atoms with van der Waals surface area (Å²) in [4.78, 5) is 0. The summed E-state index contributed by atoms with van der Waals surface area (Å²) in [6, 6.07) is 15.3. The Morgan fingerprint density at radius 3 is 1.05 bits per heavy atom. The quantitative estimate of drug-likeness (QED) is 0.395. The summed E-state index contributed by atoms with van der Waals surface area (Å²) in [5.41, 5.74) is 16.9. The molecule has 0 bridgehead atoms. The molecule has 0 spiro atoms. The molecule has 4 nitrogen and oxygen atoms in total. The van der Waals surface area contributed by atoms with E-state index in [-0.39, 0.29) is 11.7 Å². The van der Waals surface area contributed by atoms with Crippen LogP contribution >= 0.6 is 0 Å². The minimum Gasteiger partial charge on any atom is -0.384 e. The highest BCUT2D eigenvalue weighted by molar-refractivity contribution is 5.97. The van der Waals surface area contributed by atoms with E-state index in [0.29, 0.717) is 0 Å². The SMILES string of the molecule is C/C(=C(\C)c1ccc(C(=N)N)cc1)c1ccc(C(=N)N)cc1. The Hall–Kier alpha value is -2.88. The molecule has 4 heteroatoms. The Kier molecular flexibility index (Phi) is 4.41. The van der Waals surface area contributed by atoms with Gasteiger partial charge in [0.2, 0.25) is 0 Å². The van der Waals surface area contributed by atoms with E-state index >= 15 is 0 Å².